The molecular weight excluding hydrogens is 386 g/mol. The summed E-state index contributed by atoms with van der Waals surface area (Å²) >= 11 is 1.67. The maximum Gasteiger partial charge on any atom is 0.336 e. The summed E-state index contributed by atoms with van der Waals surface area (Å²) in [6.45, 7) is 2.87. The number of ether oxygens (including phenoxy) is 2. The van der Waals surface area contributed by atoms with E-state index in [1.165, 1.54) is 0 Å². The maximum atomic E-state index is 13.1. The standard InChI is InChI=1S/C23H27NO4S/c1-14-20(23(26)28-13-16-5-4-12-27-16)21(15-8-10-17(29-2)11-9-15)22-18(24-14)6-3-7-19(22)25/h6,8-11,16,21-22,24H,3-5,7,12-13H2,1-2H3. The molecule has 2 aliphatic heterocycles. The largest absolute Gasteiger partial charge is 0.460 e. The number of fused-ring (bicyclic) bond motifs is 1. The molecule has 6 heteroatoms. The van der Waals surface area contributed by atoms with Gasteiger partial charge in [0.05, 0.1) is 17.6 Å². The van der Waals surface area contributed by atoms with E-state index in [9.17, 15) is 9.59 Å². The number of carbonyl (C=O) groups excluding carboxylic acids is 2. The third-order valence-electron chi connectivity index (χ3n) is 5.94. The molecule has 0 radical (unpaired) electrons. The SMILES string of the molecule is CSc1ccc(C2C(C(=O)OCC3CCCO3)=C(C)NC3=CCCC(=O)C32)cc1. The van der Waals surface area contributed by atoms with Gasteiger partial charge in [-0.25, -0.2) is 4.79 Å². The molecule has 2 heterocycles. The Morgan fingerprint density at radius 2 is 2.07 bits per heavy atom. The Morgan fingerprint density at radius 3 is 2.76 bits per heavy atom. The van der Waals surface area contributed by atoms with Crippen molar-refractivity contribution in [3.63, 3.8) is 0 Å². The molecule has 29 heavy (non-hydrogen) atoms. The van der Waals surface area contributed by atoms with E-state index in [1.807, 2.05) is 37.4 Å². The van der Waals surface area contributed by atoms with Crippen molar-refractivity contribution in [2.75, 3.05) is 19.5 Å². The lowest BCUT2D eigenvalue weighted by Crippen LogP contribution is -2.41. The minimum Gasteiger partial charge on any atom is -0.460 e. The monoisotopic (exact) mass is 413 g/mol. The average molecular weight is 414 g/mol. The van der Waals surface area contributed by atoms with Gasteiger partial charge in [0.1, 0.15) is 12.4 Å². The lowest BCUT2D eigenvalue weighted by molar-refractivity contribution is -0.143. The van der Waals surface area contributed by atoms with Crippen LogP contribution in [0.15, 0.2) is 52.2 Å². The van der Waals surface area contributed by atoms with Gasteiger partial charge in [0.15, 0.2) is 0 Å². The quantitative estimate of drug-likeness (QED) is 0.582. The molecule has 0 saturated carbocycles. The van der Waals surface area contributed by atoms with Crippen LogP contribution in [0.2, 0.25) is 0 Å². The van der Waals surface area contributed by atoms with E-state index in [4.69, 9.17) is 9.47 Å². The smallest absolute Gasteiger partial charge is 0.336 e. The Balaban J connectivity index is 1.68. The van der Waals surface area contributed by atoms with Crippen molar-refractivity contribution >= 4 is 23.5 Å². The predicted molar refractivity (Wildman–Crippen MR) is 113 cm³/mol. The summed E-state index contributed by atoms with van der Waals surface area (Å²) in [5.41, 5.74) is 3.20. The Hall–Kier alpha value is -2.05. The topological polar surface area (TPSA) is 64.6 Å². The highest BCUT2D eigenvalue weighted by Crippen LogP contribution is 2.44. The zero-order valence-electron chi connectivity index (χ0n) is 16.9. The average Bonchev–Trinajstić information content (AvgIpc) is 3.25. The highest BCUT2D eigenvalue weighted by Gasteiger charge is 2.43. The maximum absolute atomic E-state index is 13.1. The van der Waals surface area contributed by atoms with Crippen LogP contribution >= 0.6 is 11.8 Å². The first-order chi connectivity index (χ1) is 14.1. The van der Waals surface area contributed by atoms with Crippen molar-refractivity contribution in [2.24, 2.45) is 5.92 Å². The van der Waals surface area contributed by atoms with Crippen LogP contribution in [0, 0.1) is 5.92 Å². The van der Waals surface area contributed by atoms with Crippen molar-refractivity contribution in [2.45, 2.75) is 49.5 Å². The van der Waals surface area contributed by atoms with Crippen LogP contribution in [0.5, 0.6) is 0 Å². The molecule has 0 aromatic heterocycles. The normalized spacial score (nSPS) is 26.6. The second kappa shape index (κ2) is 8.76. The van der Waals surface area contributed by atoms with Gasteiger partial charge in [0.25, 0.3) is 0 Å². The summed E-state index contributed by atoms with van der Waals surface area (Å²) in [6.07, 6.45) is 7.25. The molecule has 3 aliphatic rings. The van der Waals surface area contributed by atoms with Gasteiger partial charge < -0.3 is 14.8 Å². The van der Waals surface area contributed by atoms with Crippen LogP contribution in [-0.2, 0) is 19.1 Å². The van der Waals surface area contributed by atoms with Gasteiger partial charge >= 0.3 is 5.97 Å². The number of nitrogens with one attached hydrogen (secondary N) is 1. The molecule has 0 amide bonds. The number of ketones is 1. The molecular formula is C23H27NO4S. The number of carbonyl (C=O) groups is 2. The minimum atomic E-state index is -0.363. The lowest BCUT2D eigenvalue weighted by Gasteiger charge is -2.38. The summed E-state index contributed by atoms with van der Waals surface area (Å²) in [5, 5.41) is 3.31. The first-order valence-corrected chi connectivity index (χ1v) is 11.4. The van der Waals surface area contributed by atoms with Crippen LogP contribution in [0.25, 0.3) is 0 Å². The molecule has 1 aliphatic carbocycles. The molecule has 1 aromatic rings. The molecule has 3 atom stereocenters. The molecule has 0 spiro atoms. The van der Waals surface area contributed by atoms with E-state index in [0.29, 0.717) is 12.0 Å². The number of Topliss-reactive ketones (excluding diaryl/α,β-unsaturated/α-hetero) is 1. The molecule has 3 unspecified atom stereocenters. The fraction of sp³-hybridized carbons (Fsp3) is 0.478. The summed E-state index contributed by atoms with van der Waals surface area (Å²) in [5.74, 6) is -0.881. The van der Waals surface area contributed by atoms with Gasteiger partial charge in [-0.15, -0.1) is 11.8 Å². The molecule has 5 nitrogen and oxygen atoms in total. The Morgan fingerprint density at radius 1 is 1.28 bits per heavy atom. The van der Waals surface area contributed by atoms with Gasteiger partial charge in [0.2, 0.25) is 0 Å². The van der Waals surface area contributed by atoms with Gasteiger partial charge in [-0.1, -0.05) is 18.2 Å². The van der Waals surface area contributed by atoms with Crippen LogP contribution < -0.4 is 5.32 Å². The molecule has 0 bridgehead atoms. The Kier molecular flexibility index (Phi) is 6.11. The molecule has 1 aromatic carbocycles. The van der Waals surface area contributed by atoms with Crippen molar-refractivity contribution in [1.29, 1.82) is 0 Å². The summed E-state index contributed by atoms with van der Waals surface area (Å²) < 4.78 is 11.2. The zero-order chi connectivity index (χ0) is 20.4. The van der Waals surface area contributed by atoms with E-state index in [1.54, 1.807) is 11.8 Å². The second-order valence-corrected chi connectivity index (χ2v) is 8.67. The third kappa shape index (κ3) is 4.14. The van der Waals surface area contributed by atoms with Gasteiger partial charge in [0, 0.05) is 35.2 Å². The van der Waals surface area contributed by atoms with Crippen LogP contribution in [0.3, 0.4) is 0 Å². The van der Waals surface area contributed by atoms with Crippen LogP contribution in [0.1, 0.15) is 44.1 Å². The van der Waals surface area contributed by atoms with Gasteiger partial charge in [-0.05, 0) is 50.1 Å². The van der Waals surface area contributed by atoms with Crippen molar-refractivity contribution in [3.8, 4) is 0 Å². The Labute approximate surface area is 175 Å². The van der Waals surface area contributed by atoms with E-state index < -0.39 is 0 Å². The van der Waals surface area contributed by atoms with E-state index in [2.05, 4.69) is 11.4 Å². The van der Waals surface area contributed by atoms with Gasteiger partial charge in [-0.3, -0.25) is 4.79 Å². The van der Waals surface area contributed by atoms with Crippen molar-refractivity contribution in [3.05, 3.63) is 52.9 Å². The first-order valence-electron chi connectivity index (χ1n) is 10.2. The number of esters is 1. The summed E-state index contributed by atoms with van der Waals surface area (Å²) in [6, 6.07) is 8.15. The third-order valence-corrected chi connectivity index (χ3v) is 6.68. The predicted octanol–water partition coefficient (Wildman–Crippen LogP) is 3.95. The van der Waals surface area contributed by atoms with E-state index in [0.717, 1.165) is 47.7 Å². The molecule has 1 N–H and O–H groups in total. The molecule has 1 fully saturated rings. The van der Waals surface area contributed by atoms with Crippen molar-refractivity contribution < 1.29 is 19.1 Å². The molecule has 4 rings (SSSR count). The fourth-order valence-electron chi connectivity index (χ4n) is 4.48. The van der Waals surface area contributed by atoms with Gasteiger partial charge in [-0.2, -0.15) is 0 Å². The number of thioether (sulfide) groups is 1. The van der Waals surface area contributed by atoms with E-state index in [-0.39, 0.29) is 36.3 Å². The van der Waals surface area contributed by atoms with Crippen LogP contribution in [-0.4, -0.2) is 37.3 Å². The Bertz CT molecular complexity index is 852. The second-order valence-electron chi connectivity index (χ2n) is 7.79. The number of allylic oxidation sites excluding steroid dienone is 3. The molecule has 154 valence electrons. The van der Waals surface area contributed by atoms with E-state index >= 15 is 0 Å². The number of hydrogen-bond donors (Lipinski definition) is 1. The lowest BCUT2D eigenvalue weighted by atomic mass is 9.71. The number of rotatable bonds is 5. The fourth-order valence-corrected chi connectivity index (χ4v) is 4.88. The number of benzene rings is 1. The molecule has 1 saturated heterocycles. The summed E-state index contributed by atoms with van der Waals surface area (Å²) in [4.78, 5) is 27.2. The zero-order valence-corrected chi connectivity index (χ0v) is 17.7. The highest BCUT2D eigenvalue weighted by molar-refractivity contribution is 7.98. The van der Waals surface area contributed by atoms with Crippen LogP contribution in [0.4, 0.5) is 0 Å². The summed E-state index contributed by atoms with van der Waals surface area (Å²) in [7, 11) is 0. The highest BCUT2D eigenvalue weighted by atomic mass is 32.2. The van der Waals surface area contributed by atoms with Crippen molar-refractivity contribution in [1.82, 2.24) is 5.32 Å². The minimum absolute atomic E-state index is 0.0255. The first kappa shape index (κ1) is 20.2. The number of hydrogen-bond acceptors (Lipinski definition) is 6.